The zero-order chi connectivity index (χ0) is 22.7. The number of hydrogen-bond acceptors (Lipinski definition) is 4. The minimum absolute atomic E-state index is 0.163. The Morgan fingerprint density at radius 3 is 2.44 bits per heavy atom. The summed E-state index contributed by atoms with van der Waals surface area (Å²) in [6, 6.07) is 0. The third kappa shape index (κ3) is 3.27. The Bertz CT molecular complexity index is 763. The maximum absolute atomic E-state index is 13.5. The number of nitrogens with two attached hydrogens (primary N) is 2. The average Bonchev–Trinajstić information content (AvgIpc) is 3.57. The molecule has 32 heavy (non-hydrogen) atoms. The van der Waals surface area contributed by atoms with Crippen LogP contribution in [0.2, 0.25) is 0 Å². The SMILES string of the molecule is CCC12CCC3C(CCC4CC(C)CCC43C3CC3)C1CCC2C(=O)CN(N)/C(C)=N\N. The summed E-state index contributed by atoms with van der Waals surface area (Å²) >= 11 is 0. The van der Waals surface area contributed by atoms with E-state index in [1.165, 1.54) is 69.2 Å². The van der Waals surface area contributed by atoms with Crippen molar-refractivity contribution in [3.05, 3.63) is 0 Å². The molecule has 0 saturated heterocycles. The molecule has 5 aliphatic carbocycles. The minimum Gasteiger partial charge on any atom is -0.322 e. The summed E-state index contributed by atoms with van der Waals surface area (Å²) in [7, 11) is 0. The Morgan fingerprint density at radius 1 is 1.00 bits per heavy atom. The quantitative estimate of drug-likeness (QED) is 0.268. The van der Waals surface area contributed by atoms with E-state index in [4.69, 9.17) is 11.7 Å². The molecular formula is C27H46N4O. The summed E-state index contributed by atoms with van der Waals surface area (Å²) in [5.74, 6) is 17.9. The smallest absolute Gasteiger partial charge is 0.157 e. The van der Waals surface area contributed by atoms with Gasteiger partial charge in [0.2, 0.25) is 0 Å². The number of hydrogen-bond donors (Lipinski definition) is 2. The molecule has 8 unspecified atom stereocenters. The van der Waals surface area contributed by atoms with Gasteiger partial charge in [-0.25, -0.2) is 5.84 Å². The fourth-order valence-electron chi connectivity index (χ4n) is 10.1. The number of hydrazine groups is 1. The van der Waals surface area contributed by atoms with Crippen molar-refractivity contribution in [2.75, 3.05) is 6.54 Å². The molecule has 0 aliphatic heterocycles. The number of fused-ring (bicyclic) bond motifs is 5. The van der Waals surface area contributed by atoms with Crippen LogP contribution >= 0.6 is 0 Å². The maximum atomic E-state index is 13.5. The number of hydrazone groups is 1. The number of nitrogens with zero attached hydrogens (tertiary/aromatic N) is 2. The number of amidine groups is 1. The summed E-state index contributed by atoms with van der Waals surface area (Å²) in [5, 5.41) is 5.13. The molecule has 0 bridgehead atoms. The summed E-state index contributed by atoms with van der Waals surface area (Å²) in [5.41, 5.74) is 0.854. The van der Waals surface area contributed by atoms with Gasteiger partial charge >= 0.3 is 0 Å². The van der Waals surface area contributed by atoms with E-state index >= 15 is 0 Å². The number of carbonyl (C=O) groups is 1. The van der Waals surface area contributed by atoms with Crippen LogP contribution in [0.15, 0.2) is 5.10 Å². The van der Waals surface area contributed by atoms with Gasteiger partial charge in [0.1, 0.15) is 5.84 Å². The Balaban J connectivity index is 1.40. The van der Waals surface area contributed by atoms with Crippen LogP contribution in [-0.2, 0) is 4.79 Å². The first-order chi connectivity index (χ1) is 15.4. The molecule has 5 aliphatic rings. The van der Waals surface area contributed by atoms with Crippen molar-refractivity contribution in [2.45, 2.75) is 97.8 Å². The van der Waals surface area contributed by atoms with Gasteiger partial charge in [0.25, 0.3) is 0 Å². The lowest BCUT2D eigenvalue weighted by Crippen LogP contribution is -2.56. The predicted octanol–water partition coefficient (Wildman–Crippen LogP) is 5.10. The van der Waals surface area contributed by atoms with Crippen LogP contribution in [0.1, 0.15) is 97.8 Å². The largest absolute Gasteiger partial charge is 0.322 e. The highest BCUT2D eigenvalue weighted by atomic mass is 16.1. The van der Waals surface area contributed by atoms with Crippen LogP contribution in [0.3, 0.4) is 0 Å². The van der Waals surface area contributed by atoms with Crippen molar-refractivity contribution in [1.29, 1.82) is 0 Å². The second-order valence-corrected chi connectivity index (χ2v) is 12.4. The molecule has 5 nitrogen and oxygen atoms in total. The van der Waals surface area contributed by atoms with Crippen LogP contribution in [0.25, 0.3) is 0 Å². The molecule has 0 heterocycles. The second kappa shape index (κ2) is 8.29. The zero-order valence-corrected chi connectivity index (χ0v) is 20.7. The lowest BCUT2D eigenvalue weighted by Gasteiger charge is -2.63. The second-order valence-electron chi connectivity index (χ2n) is 12.4. The van der Waals surface area contributed by atoms with Crippen LogP contribution in [0.4, 0.5) is 0 Å². The third-order valence-electron chi connectivity index (χ3n) is 11.5. The predicted molar refractivity (Wildman–Crippen MR) is 129 cm³/mol. The van der Waals surface area contributed by atoms with Crippen LogP contribution in [0.5, 0.6) is 0 Å². The first-order valence-corrected chi connectivity index (χ1v) is 13.7. The Morgan fingerprint density at radius 2 is 1.75 bits per heavy atom. The minimum atomic E-state index is 0.163. The standard InChI is InChI=1S/C27H46N4O/c1-4-26-13-12-23-21(8-7-20-15-17(2)11-14-27(20,23)19-5-6-19)22(26)9-10-24(26)25(32)16-31(29)18(3)30-28/h17,19-24H,4-16,28-29H2,1-3H3/b30-18-. The Hall–Kier alpha value is -1.10. The topological polar surface area (TPSA) is 84.7 Å². The summed E-state index contributed by atoms with van der Waals surface area (Å²) in [6.45, 7) is 6.87. The van der Waals surface area contributed by atoms with E-state index in [1.807, 2.05) is 0 Å². The van der Waals surface area contributed by atoms with Crippen molar-refractivity contribution in [3.8, 4) is 0 Å². The van der Waals surface area contributed by atoms with Crippen molar-refractivity contribution >= 4 is 11.6 Å². The average molecular weight is 443 g/mol. The summed E-state index contributed by atoms with van der Waals surface area (Å²) in [6.07, 6.45) is 16.4. The molecule has 0 radical (unpaired) electrons. The Labute approximate surface area is 195 Å². The van der Waals surface area contributed by atoms with Gasteiger partial charge in [-0.2, -0.15) is 5.10 Å². The van der Waals surface area contributed by atoms with Crippen molar-refractivity contribution in [1.82, 2.24) is 5.01 Å². The highest BCUT2D eigenvalue weighted by Gasteiger charge is 2.65. The molecule has 0 aromatic carbocycles. The van der Waals surface area contributed by atoms with E-state index in [1.54, 1.807) is 6.92 Å². The van der Waals surface area contributed by atoms with Crippen LogP contribution in [-0.4, -0.2) is 23.2 Å². The lowest BCUT2D eigenvalue weighted by atomic mass is 9.42. The number of carbonyl (C=O) groups excluding carboxylic acids is 1. The molecule has 0 amide bonds. The monoisotopic (exact) mass is 442 g/mol. The summed E-state index contributed by atoms with van der Waals surface area (Å²) < 4.78 is 0. The molecular weight excluding hydrogens is 396 g/mol. The molecule has 5 saturated carbocycles. The number of ketones is 1. The summed E-state index contributed by atoms with van der Waals surface area (Å²) in [4.78, 5) is 13.5. The van der Waals surface area contributed by atoms with Crippen molar-refractivity contribution in [3.63, 3.8) is 0 Å². The fraction of sp³-hybridized carbons (Fsp3) is 0.926. The zero-order valence-electron chi connectivity index (χ0n) is 20.7. The molecule has 0 aromatic rings. The van der Waals surface area contributed by atoms with Crippen LogP contribution in [0, 0.1) is 52.3 Å². The highest BCUT2D eigenvalue weighted by molar-refractivity contribution is 5.89. The first-order valence-electron chi connectivity index (χ1n) is 13.7. The van der Waals surface area contributed by atoms with E-state index in [0.29, 0.717) is 17.0 Å². The number of rotatable bonds is 5. The molecule has 8 atom stereocenters. The van der Waals surface area contributed by atoms with E-state index in [9.17, 15) is 4.79 Å². The first kappa shape index (κ1) is 22.7. The maximum Gasteiger partial charge on any atom is 0.157 e. The van der Waals surface area contributed by atoms with E-state index in [2.05, 4.69) is 18.9 Å². The molecule has 180 valence electrons. The van der Waals surface area contributed by atoms with Crippen molar-refractivity contribution in [2.24, 2.45) is 69.0 Å². The molecule has 5 heteroatoms. The molecule has 0 aromatic heterocycles. The normalized spacial score (nSPS) is 46.2. The van der Waals surface area contributed by atoms with Gasteiger partial charge < -0.3 is 5.84 Å². The molecule has 5 rings (SSSR count). The van der Waals surface area contributed by atoms with E-state index in [-0.39, 0.29) is 17.9 Å². The van der Waals surface area contributed by atoms with Gasteiger partial charge in [-0.1, -0.05) is 20.3 Å². The van der Waals surface area contributed by atoms with Gasteiger partial charge in [0.15, 0.2) is 5.78 Å². The third-order valence-corrected chi connectivity index (χ3v) is 11.5. The molecule has 5 fully saturated rings. The van der Waals surface area contributed by atoms with E-state index in [0.717, 1.165) is 48.3 Å². The molecule has 4 N–H and O–H groups in total. The lowest BCUT2D eigenvalue weighted by molar-refractivity contribution is -0.149. The van der Waals surface area contributed by atoms with Gasteiger partial charge in [-0.05, 0) is 124 Å². The van der Waals surface area contributed by atoms with Gasteiger partial charge in [-0.3, -0.25) is 9.80 Å². The van der Waals surface area contributed by atoms with E-state index < -0.39 is 0 Å². The van der Waals surface area contributed by atoms with Gasteiger partial charge in [-0.15, -0.1) is 0 Å². The van der Waals surface area contributed by atoms with Crippen molar-refractivity contribution < 1.29 is 4.79 Å². The molecule has 0 spiro atoms. The van der Waals surface area contributed by atoms with Gasteiger partial charge in [0, 0.05) is 5.92 Å². The highest BCUT2D eigenvalue weighted by Crippen LogP contribution is 2.72. The number of Topliss-reactive ketones (excluding diaryl/α,β-unsaturated/α-hetero) is 1. The van der Waals surface area contributed by atoms with Gasteiger partial charge in [0.05, 0.1) is 6.54 Å². The van der Waals surface area contributed by atoms with Crippen LogP contribution < -0.4 is 11.7 Å². The Kier molecular flexibility index (Phi) is 5.87. The fourth-order valence-corrected chi connectivity index (χ4v) is 10.1.